The van der Waals surface area contributed by atoms with Crippen molar-refractivity contribution in [3.63, 3.8) is 0 Å². The van der Waals surface area contributed by atoms with Gasteiger partial charge in [0.2, 0.25) is 0 Å². The Labute approximate surface area is 209 Å². The molecule has 1 saturated carbocycles. The lowest BCUT2D eigenvalue weighted by atomic mass is 9.78. The highest BCUT2D eigenvalue weighted by molar-refractivity contribution is 7.85. The normalized spacial score (nSPS) is 23.7. The molecule has 4 atom stereocenters. The van der Waals surface area contributed by atoms with E-state index < -0.39 is 10.8 Å². The van der Waals surface area contributed by atoms with Crippen LogP contribution in [0.15, 0.2) is 82.6 Å². The Morgan fingerprint density at radius 3 is 2.51 bits per heavy atom. The van der Waals surface area contributed by atoms with Gasteiger partial charge >= 0.3 is 0 Å². The number of fused-ring (bicyclic) bond motifs is 2. The Balaban J connectivity index is 1.54. The molecule has 1 aliphatic carbocycles. The lowest BCUT2D eigenvalue weighted by Crippen LogP contribution is -2.43. The van der Waals surface area contributed by atoms with Crippen LogP contribution in [0.5, 0.6) is 0 Å². The van der Waals surface area contributed by atoms with Crippen molar-refractivity contribution in [1.82, 2.24) is 5.32 Å². The third-order valence-electron chi connectivity index (χ3n) is 7.48. The van der Waals surface area contributed by atoms with Crippen LogP contribution in [0.1, 0.15) is 59.4 Å². The fourth-order valence-electron chi connectivity index (χ4n) is 5.16. The zero-order valence-electron chi connectivity index (χ0n) is 20.1. The Hall–Kier alpha value is -3.25. The molecule has 1 N–H and O–H groups in total. The van der Waals surface area contributed by atoms with Crippen LogP contribution in [0.4, 0.5) is 5.69 Å². The summed E-state index contributed by atoms with van der Waals surface area (Å²) in [5.41, 5.74) is 2.37. The molecule has 2 aliphatic rings. The summed E-state index contributed by atoms with van der Waals surface area (Å²) in [6.45, 7) is 4.76. The zero-order valence-corrected chi connectivity index (χ0v) is 20.9. The van der Waals surface area contributed by atoms with E-state index >= 15 is 0 Å². The van der Waals surface area contributed by atoms with Crippen LogP contribution in [0.2, 0.25) is 0 Å². The lowest BCUT2D eigenvalue weighted by molar-refractivity contribution is 0.0889. The highest BCUT2D eigenvalue weighted by Crippen LogP contribution is 2.36. The van der Waals surface area contributed by atoms with Crippen molar-refractivity contribution in [2.75, 3.05) is 4.90 Å². The summed E-state index contributed by atoms with van der Waals surface area (Å²) in [6, 6.07) is 22.1. The van der Waals surface area contributed by atoms with Crippen molar-refractivity contribution in [1.29, 1.82) is 0 Å². The van der Waals surface area contributed by atoms with Gasteiger partial charge in [-0.25, -0.2) is 4.21 Å². The summed E-state index contributed by atoms with van der Waals surface area (Å²) < 4.78 is 13.6. The summed E-state index contributed by atoms with van der Waals surface area (Å²) in [4.78, 5) is 29.7. The number of carbonyl (C=O) groups is 2. The molecule has 1 heterocycles. The molecule has 5 nitrogen and oxygen atoms in total. The first-order chi connectivity index (χ1) is 16.9. The molecule has 0 radical (unpaired) electrons. The molecule has 0 aromatic heterocycles. The average molecular weight is 487 g/mol. The quantitative estimate of drug-likeness (QED) is 0.524. The predicted octanol–water partition coefficient (Wildman–Crippen LogP) is 5.57. The minimum Gasteiger partial charge on any atom is -0.349 e. The topological polar surface area (TPSA) is 66.5 Å². The van der Waals surface area contributed by atoms with Crippen LogP contribution in [-0.2, 0) is 17.3 Å². The van der Waals surface area contributed by atoms with Crippen LogP contribution in [0, 0.1) is 11.8 Å². The Morgan fingerprint density at radius 1 is 0.971 bits per heavy atom. The second kappa shape index (κ2) is 9.78. The fraction of sp³-hybridized carbons (Fsp3) is 0.310. The number of benzene rings is 3. The van der Waals surface area contributed by atoms with Crippen LogP contribution in [0.25, 0.3) is 0 Å². The predicted molar refractivity (Wildman–Crippen MR) is 138 cm³/mol. The Kier molecular flexibility index (Phi) is 6.56. The smallest absolute Gasteiger partial charge is 0.259 e. The second-order valence-electron chi connectivity index (χ2n) is 9.67. The van der Waals surface area contributed by atoms with Crippen LogP contribution < -0.4 is 10.2 Å². The van der Waals surface area contributed by atoms with Crippen molar-refractivity contribution in [2.45, 2.75) is 55.5 Å². The molecule has 35 heavy (non-hydrogen) atoms. The zero-order chi connectivity index (χ0) is 24.5. The van der Waals surface area contributed by atoms with Gasteiger partial charge in [0.1, 0.15) is 0 Å². The van der Waals surface area contributed by atoms with Gasteiger partial charge in [0.15, 0.2) is 0 Å². The standard InChI is InChI=1S/C29H30N2O3S/c1-19-9-8-13-24(20(19)2)30-28(32)22-15-16-27-25(17-22)31(18-21-10-4-3-5-11-21)29(33)23-12-6-7-14-26(23)35(27)34/h3-7,10-12,14-17,19-20,24H,8-9,13,18H2,1-2H3,(H,30,32). The van der Waals surface area contributed by atoms with Gasteiger partial charge in [0.05, 0.1) is 38.4 Å². The van der Waals surface area contributed by atoms with E-state index in [1.54, 1.807) is 47.4 Å². The minimum absolute atomic E-state index is 0.130. The van der Waals surface area contributed by atoms with E-state index in [-0.39, 0.29) is 17.9 Å². The molecule has 0 saturated heterocycles. The van der Waals surface area contributed by atoms with Crippen LogP contribution in [0.3, 0.4) is 0 Å². The molecule has 1 aliphatic heterocycles. The molecule has 5 rings (SSSR count). The van der Waals surface area contributed by atoms with Gasteiger partial charge < -0.3 is 10.2 Å². The van der Waals surface area contributed by atoms with Crippen molar-refractivity contribution in [3.05, 3.63) is 89.5 Å². The number of amides is 2. The van der Waals surface area contributed by atoms with Gasteiger partial charge in [-0.05, 0) is 54.2 Å². The number of rotatable bonds is 4. The molecule has 4 unspecified atom stereocenters. The molecular formula is C29H30N2O3S. The number of hydrogen-bond donors (Lipinski definition) is 1. The molecule has 2 amide bonds. The fourth-order valence-corrected chi connectivity index (χ4v) is 6.51. The van der Waals surface area contributed by atoms with E-state index in [2.05, 4.69) is 19.2 Å². The molecule has 1 fully saturated rings. The molecule has 3 aromatic rings. The van der Waals surface area contributed by atoms with E-state index in [0.29, 0.717) is 45.0 Å². The molecule has 6 heteroatoms. The monoisotopic (exact) mass is 486 g/mol. The highest BCUT2D eigenvalue weighted by atomic mass is 32.2. The van der Waals surface area contributed by atoms with Gasteiger partial charge in [-0.3, -0.25) is 9.59 Å². The molecule has 0 spiro atoms. The highest BCUT2D eigenvalue weighted by Gasteiger charge is 2.32. The summed E-state index contributed by atoms with van der Waals surface area (Å²) in [5.74, 6) is 0.606. The van der Waals surface area contributed by atoms with Gasteiger partial charge in [0, 0.05) is 11.6 Å². The maximum atomic E-state index is 13.7. The van der Waals surface area contributed by atoms with E-state index in [1.807, 2.05) is 30.3 Å². The minimum atomic E-state index is -1.54. The van der Waals surface area contributed by atoms with Crippen molar-refractivity contribution in [3.8, 4) is 0 Å². The summed E-state index contributed by atoms with van der Waals surface area (Å²) >= 11 is 0. The first kappa shape index (κ1) is 23.5. The number of nitrogens with zero attached hydrogens (tertiary/aromatic N) is 1. The maximum absolute atomic E-state index is 13.7. The Bertz CT molecular complexity index is 1290. The first-order valence-corrected chi connectivity index (χ1v) is 13.4. The van der Waals surface area contributed by atoms with Crippen molar-refractivity contribution in [2.24, 2.45) is 11.8 Å². The Morgan fingerprint density at radius 2 is 1.71 bits per heavy atom. The van der Waals surface area contributed by atoms with E-state index in [0.717, 1.165) is 18.4 Å². The third-order valence-corrected chi connectivity index (χ3v) is 8.98. The SMILES string of the molecule is CC1CCCC(NC(=O)c2ccc3c(c2)N(Cc2ccccc2)C(=O)c2ccccc2S3=O)C1C. The van der Waals surface area contributed by atoms with Crippen molar-refractivity contribution >= 4 is 28.3 Å². The lowest BCUT2D eigenvalue weighted by Gasteiger charge is -2.34. The molecule has 180 valence electrons. The summed E-state index contributed by atoms with van der Waals surface area (Å²) in [5, 5.41) is 3.22. The van der Waals surface area contributed by atoms with Crippen LogP contribution >= 0.6 is 0 Å². The average Bonchev–Trinajstić information content (AvgIpc) is 2.97. The van der Waals surface area contributed by atoms with Gasteiger partial charge in [-0.15, -0.1) is 0 Å². The number of anilines is 1. The summed E-state index contributed by atoms with van der Waals surface area (Å²) in [6.07, 6.45) is 3.27. The van der Waals surface area contributed by atoms with Crippen molar-refractivity contribution < 1.29 is 13.8 Å². The van der Waals surface area contributed by atoms with Gasteiger partial charge in [-0.2, -0.15) is 0 Å². The molecule has 0 bridgehead atoms. The van der Waals surface area contributed by atoms with E-state index in [9.17, 15) is 13.8 Å². The van der Waals surface area contributed by atoms with E-state index in [1.165, 1.54) is 6.42 Å². The van der Waals surface area contributed by atoms with Gasteiger partial charge in [0.25, 0.3) is 11.8 Å². The maximum Gasteiger partial charge on any atom is 0.259 e. The number of carbonyl (C=O) groups excluding carboxylic acids is 2. The van der Waals surface area contributed by atoms with Gasteiger partial charge in [-0.1, -0.05) is 69.2 Å². The first-order valence-electron chi connectivity index (χ1n) is 12.3. The number of hydrogen-bond acceptors (Lipinski definition) is 3. The van der Waals surface area contributed by atoms with E-state index in [4.69, 9.17) is 0 Å². The number of nitrogens with one attached hydrogen (secondary N) is 1. The second-order valence-corrected chi connectivity index (χ2v) is 11.1. The molecule has 3 aromatic carbocycles. The largest absolute Gasteiger partial charge is 0.349 e. The molecular weight excluding hydrogens is 456 g/mol. The summed E-state index contributed by atoms with van der Waals surface area (Å²) in [7, 11) is -1.54. The van der Waals surface area contributed by atoms with Crippen LogP contribution in [-0.4, -0.2) is 22.1 Å². The third kappa shape index (κ3) is 4.55.